The molecule has 0 radical (unpaired) electrons. The first kappa shape index (κ1) is 18.6. The van der Waals surface area contributed by atoms with E-state index in [1.54, 1.807) is 7.11 Å². The summed E-state index contributed by atoms with van der Waals surface area (Å²) in [6.07, 6.45) is 2.75. The molecule has 1 aromatic heterocycles. The van der Waals surface area contributed by atoms with E-state index in [0.29, 0.717) is 18.0 Å². The molecule has 0 unspecified atom stereocenters. The van der Waals surface area contributed by atoms with E-state index in [1.807, 2.05) is 19.2 Å². The SMILES string of the molecule is CCNCc1scc(C)c1S(=O)(=O)NCCCCCOC. The summed E-state index contributed by atoms with van der Waals surface area (Å²) in [4.78, 5) is 1.33. The Kier molecular flexibility index (Phi) is 8.43. The Bertz CT molecular complexity index is 512. The first-order valence-corrected chi connectivity index (χ1v) is 9.65. The van der Waals surface area contributed by atoms with E-state index in [0.717, 1.165) is 42.9 Å². The van der Waals surface area contributed by atoms with Gasteiger partial charge >= 0.3 is 0 Å². The molecule has 5 nitrogen and oxygen atoms in total. The average Bonchev–Trinajstić information content (AvgIpc) is 2.82. The van der Waals surface area contributed by atoms with E-state index < -0.39 is 10.0 Å². The summed E-state index contributed by atoms with van der Waals surface area (Å²) >= 11 is 1.50. The Labute approximate surface area is 132 Å². The van der Waals surface area contributed by atoms with Crippen molar-refractivity contribution in [2.75, 3.05) is 26.8 Å². The summed E-state index contributed by atoms with van der Waals surface area (Å²) in [5, 5.41) is 5.09. The maximum Gasteiger partial charge on any atom is 0.241 e. The lowest BCUT2D eigenvalue weighted by molar-refractivity contribution is 0.192. The highest BCUT2D eigenvalue weighted by molar-refractivity contribution is 7.89. The highest BCUT2D eigenvalue weighted by Crippen LogP contribution is 2.26. The molecule has 1 rings (SSSR count). The quantitative estimate of drug-likeness (QED) is 0.609. The minimum absolute atomic E-state index is 0.449. The standard InChI is InChI=1S/C14H26N2O3S2/c1-4-15-10-13-14(12(2)11-20-13)21(17,18)16-8-6-5-7-9-19-3/h11,15-16H,4-10H2,1-3H3. The van der Waals surface area contributed by atoms with Crippen LogP contribution in [0.2, 0.25) is 0 Å². The lowest BCUT2D eigenvalue weighted by atomic mass is 10.2. The van der Waals surface area contributed by atoms with Crippen LogP contribution in [-0.4, -0.2) is 35.2 Å². The predicted molar refractivity (Wildman–Crippen MR) is 87.4 cm³/mol. The average molecular weight is 335 g/mol. The topological polar surface area (TPSA) is 67.4 Å². The first-order valence-electron chi connectivity index (χ1n) is 7.29. The number of hydrogen-bond donors (Lipinski definition) is 2. The molecular weight excluding hydrogens is 308 g/mol. The number of methoxy groups -OCH3 is 1. The zero-order valence-electron chi connectivity index (χ0n) is 13.1. The number of nitrogens with one attached hydrogen (secondary N) is 2. The van der Waals surface area contributed by atoms with Crippen molar-refractivity contribution in [1.82, 2.24) is 10.0 Å². The molecule has 0 aromatic carbocycles. The maximum absolute atomic E-state index is 12.4. The Balaban J connectivity index is 2.59. The van der Waals surface area contributed by atoms with E-state index in [4.69, 9.17) is 4.74 Å². The number of sulfonamides is 1. The van der Waals surface area contributed by atoms with E-state index in [-0.39, 0.29) is 0 Å². The largest absolute Gasteiger partial charge is 0.385 e. The van der Waals surface area contributed by atoms with Crippen molar-refractivity contribution < 1.29 is 13.2 Å². The molecule has 1 aromatic rings. The minimum Gasteiger partial charge on any atom is -0.385 e. The van der Waals surface area contributed by atoms with Crippen LogP contribution in [-0.2, 0) is 21.3 Å². The van der Waals surface area contributed by atoms with Gasteiger partial charge in [-0.05, 0) is 43.7 Å². The van der Waals surface area contributed by atoms with Crippen molar-refractivity contribution in [3.63, 3.8) is 0 Å². The van der Waals surface area contributed by atoms with Crippen molar-refractivity contribution in [3.8, 4) is 0 Å². The van der Waals surface area contributed by atoms with Crippen molar-refractivity contribution in [2.24, 2.45) is 0 Å². The summed E-state index contributed by atoms with van der Waals surface area (Å²) in [7, 11) is -1.74. The molecule has 0 aliphatic rings. The second-order valence-electron chi connectivity index (χ2n) is 4.90. The van der Waals surface area contributed by atoms with Crippen LogP contribution in [0, 0.1) is 6.92 Å². The molecule has 0 amide bonds. The number of ether oxygens (including phenoxy) is 1. The molecule has 0 bridgehead atoms. The third-order valence-corrected chi connectivity index (χ3v) is 6.03. The molecule has 0 aliphatic carbocycles. The summed E-state index contributed by atoms with van der Waals surface area (Å²) in [5.41, 5.74) is 0.819. The van der Waals surface area contributed by atoms with Crippen LogP contribution in [0.15, 0.2) is 10.3 Å². The summed E-state index contributed by atoms with van der Waals surface area (Å²) in [6, 6.07) is 0. The molecule has 2 N–H and O–H groups in total. The number of rotatable bonds is 11. The summed E-state index contributed by atoms with van der Waals surface area (Å²) < 4.78 is 32.5. The van der Waals surface area contributed by atoms with E-state index >= 15 is 0 Å². The molecule has 0 spiro atoms. The van der Waals surface area contributed by atoms with Gasteiger partial charge in [0.25, 0.3) is 0 Å². The number of aryl methyl sites for hydroxylation is 1. The minimum atomic E-state index is -3.41. The lowest BCUT2D eigenvalue weighted by Gasteiger charge is -2.09. The molecule has 0 fully saturated rings. The smallest absolute Gasteiger partial charge is 0.241 e. The molecule has 1 heterocycles. The molecule has 0 saturated heterocycles. The van der Waals surface area contributed by atoms with Crippen molar-refractivity contribution >= 4 is 21.4 Å². The van der Waals surface area contributed by atoms with Gasteiger partial charge in [-0.3, -0.25) is 0 Å². The fraction of sp³-hybridized carbons (Fsp3) is 0.714. The fourth-order valence-electron chi connectivity index (χ4n) is 2.04. The van der Waals surface area contributed by atoms with Gasteiger partial charge in [-0.25, -0.2) is 13.1 Å². The van der Waals surface area contributed by atoms with Crippen LogP contribution in [0.3, 0.4) is 0 Å². The van der Waals surface area contributed by atoms with E-state index in [2.05, 4.69) is 10.0 Å². The second kappa shape index (κ2) is 9.53. The molecule has 0 saturated carbocycles. The molecule has 0 aliphatic heterocycles. The monoisotopic (exact) mass is 334 g/mol. The highest BCUT2D eigenvalue weighted by Gasteiger charge is 2.22. The molecular formula is C14H26N2O3S2. The van der Waals surface area contributed by atoms with E-state index in [9.17, 15) is 8.42 Å². The summed E-state index contributed by atoms with van der Waals surface area (Å²) in [5.74, 6) is 0. The van der Waals surface area contributed by atoms with Gasteiger partial charge in [-0.15, -0.1) is 11.3 Å². The molecule has 122 valence electrons. The number of hydrogen-bond acceptors (Lipinski definition) is 5. The zero-order valence-corrected chi connectivity index (χ0v) is 14.7. The van der Waals surface area contributed by atoms with Crippen molar-refractivity contribution in [1.29, 1.82) is 0 Å². The number of thiophene rings is 1. The molecule has 7 heteroatoms. The van der Waals surface area contributed by atoms with Crippen molar-refractivity contribution in [3.05, 3.63) is 15.8 Å². The Morgan fingerprint density at radius 1 is 1.29 bits per heavy atom. The van der Waals surface area contributed by atoms with Gasteiger partial charge in [0.2, 0.25) is 10.0 Å². The van der Waals surface area contributed by atoms with Gasteiger partial charge < -0.3 is 10.1 Å². The van der Waals surface area contributed by atoms with Gasteiger partial charge in [-0.1, -0.05) is 6.92 Å². The van der Waals surface area contributed by atoms with Gasteiger partial charge in [0.05, 0.1) is 0 Å². The van der Waals surface area contributed by atoms with Gasteiger partial charge in [-0.2, -0.15) is 0 Å². The molecule has 21 heavy (non-hydrogen) atoms. The van der Waals surface area contributed by atoms with Crippen LogP contribution in [0.1, 0.15) is 36.6 Å². The Morgan fingerprint density at radius 3 is 2.71 bits per heavy atom. The third-order valence-electron chi connectivity index (χ3n) is 3.11. The van der Waals surface area contributed by atoms with E-state index in [1.165, 1.54) is 11.3 Å². The predicted octanol–water partition coefficient (Wildman–Crippen LogP) is 2.26. The van der Waals surface area contributed by atoms with Crippen LogP contribution in [0.4, 0.5) is 0 Å². The molecule has 0 atom stereocenters. The Hall–Kier alpha value is -0.470. The fourth-order valence-corrected chi connectivity index (χ4v) is 4.89. The van der Waals surface area contributed by atoms with Crippen LogP contribution in [0.25, 0.3) is 0 Å². The normalized spacial score (nSPS) is 12.0. The third kappa shape index (κ3) is 6.04. The number of unbranched alkanes of at least 4 members (excludes halogenated alkanes) is 2. The van der Waals surface area contributed by atoms with Crippen LogP contribution in [0.5, 0.6) is 0 Å². The van der Waals surface area contributed by atoms with Crippen molar-refractivity contribution in [2.45, 2.75) is 44.6 Å². The van der Waals surface area contributed by atoms with Gasteiger partial charge in [0.15, 0.2) is 0 Å². The van der Waals surface area contributed by atoms with Gasteiger partial charge in [0.1, 0.15) is 4.90 Å². The van der Waals surface area contributed by atoms with Crippen LogP contribution >= 0.6 is 11.3 Å². The summed E-state index contributed by atoms with van der Waals surface area (Å²) in [6.45, 7) is 6.47. The second-order valence-corrected chi connectivity index (χ2v) is 7.57. The Morgan fingerprint density at radius 2 is 2.05 bits per heavy atom. The maximum atomic E-state index is 12.4. The van der Waals surface area contributed by atoms with Crippen LogP contribution < -0.4 is 10.0 Å². The lowest BCUT2D eigenvalue weighted by Crippen LogP contribution is -2.26. The first-order chi connectivity index (χ1) is 10.0. The van der Waals surface area contributed by atoms with Gasteiger partial charge in [0, 0.05) is 31.7 Å². The highest BCUT2D eigenvalue weighted by atomic mass is 32.2. The zero-order chi connectivity index (χ0) is 15.7.